The molecule has 0 bridgehead atoms. The molecule has 0 fully saturated rings. The number of carbonyl (C=O) groups is 3. The van der Waals surface area contributed by atoms with Gasteiger partial charge in [0.15, 0.2) is 17.3 Å². The van der Waals surface area contributed by atoms with Crippen molar-refractivity contribution in [2.24, 2.45) is 11.7 Å². The Balaban J connectivity index is 0.000000179. The zero-order valence-electron chi connectivity index (χ0n) is 27.2. The van der Waals surface area contributed by atoms with Crippen molar-refractivity contribution in [3.8, 4) is 11.1 Å². The fourth-order valence-electron chi connectivity index (χ4n) is 5.76. The molecule has 0 saturated heterocycles. The molecule has 0 amide bonds. The molecule has 1 aliphatic carbocycles. The van der Waals surface area contributed by atoms with E-state index in [1.54, 1.807) is 91.0 Å². The molecule has 1 aliphatic rings. The average Bonchev–Trinajstić information content (AvgIpc) is 3.14. The number of halogens is 4. The first-order valence-electron chi connectivity index (χ1n) is 16.0. The van der Waals surface area contributed by atoms with Crippen molar-refractivity contribution in [2.75, 3.05) is 0 Å². The van der Waals surface area contributed by atoms with Crippen LogP contribution in [0.2, 0.25) is 10.0 Å². The number of Topliss-reactive ketones (excluding diaryl/α,β-unsaturated/α-hetero) is 2. The standard InChI is InChI=1S/C22H13ClINO2.C20H15ClINO2/c23-16-7-4-13(5-8-16)22(27)15-6-9-20-19(11-15)18(12-21(26)25-20)14-2-1-3-17(24)10-14;21-15-7-4-12(5-8-15)19(24)14-6-9-18(23)17(11-14)20(25)13-2-1-3-16(22)10-13/h1-12H,(H,25,26);1-11,17-18H,23H2. The van der Waals surface area contributed by atoms with Crippen LogP contribution in [-0.4, -0.2) is 28.4 Å². The molecule has 52 heavy (non-hydrogen) atoms. The van der Waals surface area contributed by atoms with Gasteiger partial charge in [0.25, 0.3) is 0 Å². The van der Waals surface area contributed by atoms with Crippen molar-refractivity contribution in [3.05, 3.63) is 195 Å². The van der Waals surface area contributed by atoms with Gasteiger partial charge in [-0.15, -0.1) is 0 Å². The number of H-pyrrole nitrogens is 1. The number of nitrogens with one attached hydrogen (secondary N) is 1. The van der Waals surface area contributed by atoms with Crippen LogP contribution in [0.3, 0.4) is 0 Å². The molecule has 10 heteroatoms. The van der Waals surface area contributed by atoms with Crippen LogP contribution < -0.4 is 11.3 Å². The number of pyridine rings is 1. The Bertz CT molecular complexity index is 2460. The van der Waals surface area contributed by atoms with Crippen LogP contribution in [0, 0.1) is 13.1 Å². The summed E-state index contributed by atoms with van der Waals surface area (Å²) >= 11 is 16.2. The Morgan fingerprint density at radius 1 is 0.654 bits per heavy atom. The number of aromatic amines is 1. The molecule has 0 spiro atoms. The number of rotatable bonds is 7. The molecule has 6 nitrogen and oxygen atoms in total. The Labute approximate surface area is 337 Å². The molecule has 7 rings (SSSR count). The van der Waals surface area contributed by atoms with Crippen molar-refractivity contribution in [3.63, 3.8) is 0 Å². The van der Waals surface area contributed by atoms with Crippen molar-refractivity contribution >= 4 is 96.6 Å². The first-order valence-corrected chi connectivity index (χ1v) is 18.9. The largest absolute Gasteiger partial charge is 0.324 e. The van der Waals surface area contributed by atoms with E-state index in [2.05, 4.69) is 50.2 Å². The third kappa shape index (κ3) is 8.87. The highest BCUT2D eigenvalue weighted by atomic mass is 127. The second kappa shape index (κ2) is 16.6. The normalized spacial score (nSPS) is 15.0. The van der Waals surface area contributed by atoms with E-state index in [0.29, 0.717) is 43.4 Å². The number of allylic oxidation sites excluding steroid dienone is 2. The van der Waals surface area contributed by atoms with E-state index in [1.807, 2.05) is 48.5 Å². The Morgan fingerprint density at radius 2 is 1.25 bits per heavy atom. The molecule has 1 aromatic heterocycles. The minimum absolute atomic E-state index is 0.0863. The average molecular weight is 949 g/mol. The van der Waals surface area contributed by atoms with Gasteiger partial charge in [0.05, 0.1) is 5.92 Å². The van der Waals surface area contributed by atoms with Crippen LogP contribution >= 0.6 is 68.4 Å². The topological polar surface area (TPSA) is 110 Å². The van der Waals surface area contributed by atoms with E-state index in [1.165, 1.54) is 0 Å². The van der Waals surface area contributed by atoms with Gasteiger partial charge >= 0.3 is 0 Å². The first kappa shape index (κ1) is 37.6. The highest BCUT2D eigenvalue weighted by Gasteiger charge is 2.28. The molecule has 3 N–H and O–H groups in total. The van der Waals surface area contributed by atoms with Crippen LogP contribution in [0.15, 0.2) is 150 Å². The molecular formula is C42H28Cl2I2N2O4. The maximum atomic E-state index is 12.9. The van der Waals surface area contributed by atoms with Gasteiger partial charge in [0, 0.05) is 68.0 Å². The van der Waals surface area contributed by atoms with E-state index in [9.17, 15) is 19.2 Å². The van der Waals surface area contributed by atoms with E-state index in [4.69, 9.17) is 28.9 Å². The zero-order valence-corrected chi connectivity index (χ0v) is 33.0. The quantitative estimate of drug-likeness (QED) is 0.122. The van der Waals surface area contributed by atoms with Crippen LogP contribution in [0.1, 0.15) is 36.6 Å². The fourth-order valence-corrected chi connectivity index (χ4v) is 7.09. The summed E-state index contributed by atoms with van der Waals surface area (Å²) in [5.74, 6) is -0.889. The van der Waals surface area contributed by atoms with E-state index in [0.717, 1.165) is 23.7 Å². The fraction of sp³-hybridized carbons (Fsp3) is 0.0476. The van der Waals surface area contributed by atoms with Gasteiger partial charge in [-0.25, -0.2) is 0 Å². The lowest BCUT2D eigenvalue weighted by Crippen LogP contribution is -2.35. The smallest absolute Gasteiger partial charge is 0.249 e. The van der Waals surface area contributed by atoms with Crippen molar-refractivity contribution in [1.29, 1.82) is 0 Å². The molecule has 0 aliphatic heterocycles. The van der Waals surface area contributed by atoms with Crippen molar-refractivity contribution in [1.82, 2.24) is 4.98 Å². The van der Waals surface area contributed by atoms with Gasteiger partial charge in [0.2, 0.25) is 5.56 Å². The zero-order chi connectivity index (χ0) is 36.9. The van der Waals surface area contributed by atoms with Crippen LogP contribution in [0.5, 0.6) is 0 Å². The third-order valence-corrected chi connectivity index (χ3v) is 10.2. The summed E-state index contributed by atoms with van der Waals surface area (Å²) < 4.78 is 2.05. The molecule has 2 unspecified atom stereocenters. The minimum Gasteiger partial charge on any atom is -0.324 e. The molecule has 0 saturated carbocycles. The molecule has 2 atom stereocenters. The molecule has 1 heterocycles. The molecule has 6 aromatic rings. The van der Waals surface area contributed by atoms with E-state index >= 15 is 0 Å². The third-order valence-electron chi connectivity index (χ3n) is 8.40. The lowest BCUT2D eigenvalue weighted by molar-refractivity contribution is 0.0936. The van der Waals surface area contributed by atoms with Gasteiger partial charge < -0.3 is 10.7 Å². The van der Waals surface area contributed by atoms with E-state index in [-0.39, 0.29) is 22.9 Å². The summed E-state index contributed by atoms with van der Waals surface area (Å²) in [5, 5.41) is 1.98. The second-order valence-electron chi connectivity index (χ2n) is 11.9. The van der Waals surface area contributed by atoms with Crippen molar-refractivity contribution < 1.29 is 14.4 Å². The Kier molecular flexibility index (Phi) is 12.0. The molecule has 0 radical (unpaired) electrons. The summed E-state index contributed by atoms with van der Waals surface area (Å²) in [7, 11) is 0. The number of carbonyl (C=O) groups excluding carboxylic acids is 3. The first-order chi connectivity index (χ1) is 25.0. The van der Waals surface area contributed by atoms with Crippen LogP contribution in [-0.2, 0) is 0 Å². The van der Waals surface area contributed by atoms with Gasteiger partial charge in [-0.05, 0) is 147 Å². The summed E-state index contributed by atoms with van der Waals surface area (Å²) in [6, 6.07) is 35.2. The lowest BCUT2D eigenvalue weighted by atomic mass is 9.84. The molecule has 258 valence electrons. The number of ketones is 3. The molecular weight excluding hydrogens is 921 g/mol. The number of aromatic nitrogens is 1. The summed E-state index contributed by atoms with van der Waals surface area (Å²) in [6.07, 6.45) is 5.06. The summed E-state index contributed by atoms with van der Waals surface area (Å²) in [4.78, 5) is 53.3. The maximum absolute atomic E-state index is 12.9. The van der Waals surface area contributed by atoms with Gasteiger partial charge in [0.1, 0.15) is 0 Å². The number of fused-ring (bicyclic) bond motifs is 1. The number of benzene rings is 5. The predicted octanol–water partition coefficient (Wildman–Crippen LogP) is 10.1. The maximum Gasteiger partial charge on any atom is 0.249 e. The van der Waals surface area contributed by atoms with Gasteiger partial charge in [-0.3, -0.25) is 19.2 Å². The number of nitrogens with two attached hydrogens (primary N) is 1. The van der Waals surface area contributed by atoms with E-state index < -0.39 is 12.0 Å². The second-order valence-corrected chi connectivity index (χ2v) is 15.3. The monoisotopic (exact) mass is 948 g/mol. The Morgan fingerprint density at radius 3 is 1.88 bits per heavy atom. The summed E-state index contributed by atoms with van der Waals surface area (Å²) in [5.41, 5.74) is 11.1. The highest BCUT2D eigenvalue weighted by Crippen LogP contribution is 2.29. The van der Waals surface area contributed by atoms with Gasteiger partial charge in [-0.1, -0.05) is 65.7 Å². The highest BCUT2D eigenvalue weighted by molar-refractivity contribution is 14.1. The van der Waals surface area contributed by atoms with Crippen molar-refractivity contribution in [2.45, 2.75) is 6.04 Å². The predicted molar refractivity (Wildman–Crippen MR) is 226 cm³/mol. The summed E-state index contributed by atoms with van der Waals surface area (Å²) in [6.45, 7) is 0. The number of hydrogen-bond acceptors (Lipinski definition) is 5. The Hall–Kier alpha value is -4.20. The number of hydrogen-bond donors (Lipinski definition) is 2. The van der Waals surface area contributed by atoms with Crippen LogP contribution in [0.25, 0.3) is 22.0 Å². The van der Waals surface area contributed by atoms with Gasteiger partial charge in [-0.2, -0.15) is 0 Å². The SMILES string of the molecule is NC1C=CC(C(=O)c2ccc(Cl)cc2)=CC1C(=O)c1cccc(I)c1.O=C(c1ccc(Cl)cc1)c1ccc2[nH]c(=O)cc(-c3cccc(I)c3)c2c1. The molecule has 5 aromatic carbocycles. The lowest BCUT2D eigenvalue weighted by Gasteiger charge is -2.22. The minimum atomic E-state index is -0.561. The van der Waals surface area contributed by atoms with Crippen LogP contribution in [0.4, 0.5) is 0 Å².